The fourth-order valence-electron chi connectivity index (χ4n) is 5.12. The molecule has 0 aliphatic carbocycles. The van der Waals surface area contributed by atoms with E-state index < -0.39 is 15.8 Å². The Kier molecular flexibility index (Phi) is 5.94. The second-order valence-corrected chi connectivity index (χ2v) is 11.9. The summed E-state index contributed by atoms with van der Waals surface area (Å²) in [4.78, 5) is 7.04. The number of nitrogens with one attached hydrogen (secondary N) is 1. The lowest BCUT2D eigenvalue weighted by Gasteiger charge is -2.34. The van der Waals surface area contributed by atoms with Gasteiger partial charge in [0.2, 0.25) is 0 Å². The monoisotopic (exact) mass is 512 g/mol. The summed E-state index contributed by atoms with van der Waals surface area (Å²) in [5.74, 6) is -1.80. The van der Waals surface area contributed by atoms with E-state index in [4.69, 9.17) is 4.98 Å². The van der Waals surface area contributed by atoms with Gasteiger partial charge >= 0.3 is 0 Å². The minimum absolute atomic E-state index is 0.179. The molecule has 1 N–H and O–H groups in total. The lowest BCUT2D eigenvalue weighted by Crippen LogP contribution is -2.40. The SMILES string of the molecule is Cc1cc([C@@H](C)Nc2ccccc2S(C)(=O)=O)c2cc(N3CCC(F)(F)CC3)n3cc(C)nc3c2c1. The van der Waals surface area contributed by atoms with Crippen LogP contribution in [-0.2, 0) is 9.84 Å². The molecule has 0 bridgehead atoms. The highest BCUT2D eigenvalue weighted by atomic mass is 32.2. The van der Waals surface area contributed by atoms with Crippen molar-refractivity contribution in [2.75, 3.05) is 29.6 Å². The van der Waals surface area contributed by atoms with Crippen molar-refractivity contribution in [1.82, 2.24) is 9.38 Å². The van der Waals surface area contributed by atoms with Crippen LogP contribution in [0.15, 0.2) is 53.6 Å². The molecule has 2 aromatic heterocycles. The van der Waals surface area contributed by atoms with Crippen LogP contribution in [0.2, 0.25) is 0 Å². The van der Waals surface area contributed by atoms with Crippen LogP contribution in [-0.4, -0.2) is 43.1 Å². The van der Waals surface area contributed by atoms with Gasteiger partial charge in [-0.1, -0.05) is 23.8 Å². The van der Waals surface area contributed by atoms with E-state index in [0.717, 1.165) is 39.1 Å². The largest absolute Gasteiger partial charge is 0.377 e. The highest BCUT2D eigenvalue weighted by molar-refractivity contribution is 7.90. The quantitative estimate of drug-likeness (QED) is 0.360. The number of hydrogen-bond donors (Lipinski definition) is 1. The molecule has 1 aliphatic heterocycles. The van der Waals surface area contributed by atoms with Crippen LogP contribution >= 0.6 is 0 Å². The Balaban J connectivity index is 1.66. The van der Waals surface area contributed by atoms with Gasteiger partial charge in [0.25, 0.3) is 5.92 Å². The van der Waals surface area contributed by atoms with Crippen molar-refractivity contribution < 1.29 is 17.2 Å². The van der Waals surface area contributed by atoms with Crippen molar-refractivity contribution in [3.8, 4) is 0 Å². The minimum atomic E-state index is -3.41. The van der Waals surface area contributed by atoms with Crippen molar-refractivity contribution >= 4 is 37.8 Å². The second kappa shape index (κ2) is 8.73. The van der Waals surface area contributed by atoms with Crippen LogP contribution in [0.4, 0.5) is 20.3 Å². The summed E-state index contributed by atoms with van der Waals surface area (Å²) >= 11 is 0. The van der Waals surface area contributed by atoms with Gasteiger partial charge in [-0.3, -0.25) is 4.40 Å². The molecule has 4 aromatic rings. The van der Waals surface area contributed by atoms with Crippen LogP contribution in [0.25, 0.3) is 16.4 Å². The molecule has 5 rings (SSSR count). The molecule has 9 heteroatoms. The minimum Gasteiger partial charge on any atom is -0.377 e. The first-order valence-corrected chi connectivity index (χ1v) is 13.9. The number of alkyl halides is 2. The van der Waals surface area contributed by atoms with Gasteiger partial charge in [0.15, 0.2) is 9.84 Å². The first-order valence-electron chi connectivity index (χ1n) is 12.0. The van der Waals surface area contributed by atoms with E-state index in [1.807, 2.05) is 36.3 Å². The van der Waals surface area contributed by atoms with Gasteiger partial charge in [0, 0.05) is 49.8 Å². The molecule has 0 amide bonds. The van der Waals surface area contributed by atoms with E-state index >= 15 is 0 Å². The summed E-state index contributed by atoms with van der Waals surface area (Å²) < 4.78 is 54.5. The summed E-state index contributed by atoms with van der Waals surface area (Å²) in [5.41, 5.74) is 4.21. The predicted octanol–water partition coefficient (Wildman–Crippen LogP) is 5.92. The van der Waals surface area contributed by atoms with Crippen molar-refractivity contribution in [2.45, 2.75) is 50.5 Å². The molecule has 0 unspecified atom stereocenters. The molecule has 2 aromatic carbocycles. The number of sulfone groups is 1. The van der Waals surface area contributed by atoms with Crippen LogP contribution in [0.5, 0.6) is 0 Å². The van der Waals surface area contributed by atoms with Gasteiger partial charge in [-0.25, -0.2) is 22.2 Å². The van der Waals surface area contributed by atoms with E-state index in [0.29, 0.717) is 5.69 Å². The van der Waals surface area contributed by atoms with Gasteiger partial charge in [0.05, 0.1) is 16.3 Å². The van der Waals surface area contributed by atoms with Crippen molar-refractivity contribution in [2.24, 2.45) is 0 Å². The number of rotatable bonds is 5. The van der Waals surface area contributed by atoms with Crippen LogP contribution < -0.4 is 10.2 Å². The molecule has 3 heterocycles. The lowest BCUT2D eigenvalue weighted by molar-refractivity contribution is -0.0221. The fourth-order valence-corrected chi connectivity index (χ4v) is 5.97. The molecule has 0 saturated carbocycles. The topological polar surface area (TPSA) is 66.7 Å². The average Bonchev–Trinajstić information content (AvgIpc) is 3.20. The molecular formula is C27H30F2N4O2S. The summed E-state index contributed by atoms with van der Waals surface area (Å²) in [6.45, 7) is 6.47. The zero-order valence-electron chi connectivity index (χ0n) is 20.8. The molecule has 1 fully saturated rings. The molecule has 190 valence electrons. The first kappa shape index (κ1) is 24.5. The standard InChI is InChI=1S/C27H30F2N4O2S/c1-17-13-20(19(3)31-23-7-5-6-8-24(23)36(4,34)35)21-15-25(32-11-9-27(28,29)10-12-32)33-16-18(2)30-26(33)22(21)14-17/h5-8,13-16,19,31H,9-12H2,1-4H3/t19-/m1/s1. The maximum absolute atomic E-state index is 13.9. The molecule has 1 atom stereocenters. The van der Waals surface area contributed by atoms with Crippen LogP contribution in [0.1, 0.15) is 42.6 Å². The Morgan fingerprint density at radius 3 is 2.44 bits per heavy atom. The number of fused-ring (bicyclic) bond motifs is 3. The number of piperidine rings is 1. The van der Waals surface area contributed by atoms with E-state index in [-0.39, 0.29) is 36.9 Å². The van der Waals surface area contributed by atoms with Gasteiger partial charge in [-0.15, -0.1) is 0 Å². The average molecular weight is 513 g/mol. The van der Waals surface area contributed by atoms with E-state index in [1.165, 1.54) is 6.26 Å². The number of nitrogens with zero attached hydrogens (tertiary/aromatic N) is 3. The Labute approximate surface area is 209 Å². The van der Waals surface area contributed by atoms with Gasteiger partial charge < -0.3 is 10.2 Å². The maximum Gasteiger partial charge on any atom is 0.251 e. The molecule has 0 spiro atoms. The first-order chi connectivity index (χ1) is 16.9. The van der Waals surface area contributed by atoms with Crippen molar-refractivity contribution in [3.63, 3.8) is 0 Å². The van der Waals surface area contributed by atoms with E-state index in [1.54, 1.807) is 24.3 Å². The van der Waals surface area contributed by atoms with Crippen LogP contribution in [0, 0.1) is 13.8 Å². The Hall–Kier alpha value is -3.20. The van der Waals surface area contributed by atoms with E-state index in [2.05, 4.69) is 23.5 Å². The normalized spacial score (nSPS) is 17.0. The lowest BCUT2D eigenvalue weighted by atomic mass is 9.97. The Bertz CT molecular complexity index is 1570. The highest BCUT2D eigenvalue weighted by Crippen LogP contribution is 2.37. The number of para-hydroxylation sites is 1. The van der Waals surface area contributed by atoms with Crippen LogP contribution in [0.3, 0.4) is 0 Å². The van der Waals surface area contributed by atoms with Gasteiger partial charge in [-0.05, 0) is 56.0 Å². The molecule has 0 radical (unpaired) electrons. The number of imidazole rings is 1. The third-order valence-corrected chi connectivity index (χ3v) is 8.04. The van der Waals surface area contributed by atoms with Gasteiger partial charge in [0.1, 0.15) is 11.5 Å². The number of anilines is 2. The number of halogens is 2. The Morgan fingerprint density at radius 1 is 1.06 bits per heavy atom. The van der Waals surface area contributed by atoms with Crippen molar-refractivity contribution in [1.29, 1.82) is 0 Å². The maximum atomic E-state index is 13.9. The summed E-state index contributed by atoms with van der Waals surface area (Å²) in [6, 6.07) is 12.9. The van der Waals surface area contributed by atoms with Crippen molar-refractivity contribution in [3.05, 3.63) is 65.5 Å². The summed E-state index contributed by atoms with van der Waals surface area (Å²) in [7, 11) is -3.41. The van der Waals surface area contributed by atoms with Gasteiger partial charge in [-0.2, -0.15) is 0 Å². The second-order valence-electron chi connectivity index (χ2n) is 9.87. The molecule has 36 heavy (non-hydrogen) atoms. The zero-order chi connectivity index (χ0) is 25.8. The third kappa shape index (κ3) is 4.52. The highest BCUT2D eigenvalue weighted by Gasteiger charge is 2.35. The summed E-state index contributed by atoms with van der Waals surface area (Å²) in [6.07, 6.45) is 2.79. The number of pyridine rings is 1. The number of aromatic nitrogens is 2. The summed E-state index contributed by atoms with van der Waals surface area (Å²) in [5, 5.41) is 5.32. The zero-order valence-corrected chi connectivity index (χ0v) is 21.7. The number of benzene rings is 2. The fraction of sp³-hybridized carbons (Fsp3) is 0.370. The third-order valence-electron chi connectivity index (χ3n) is 6.89. The molecular weight excluding hydrogens is 482 g/mol. The number of hydrogen-bond acceptors (Lipinski definition) is 5. The number of aryl methyl sites for hydroxylation is 2. The molecule has 1 aliphatic rings. The predicted molar refractivity (Wildman–Crippen MR) is 140 cm³/mol. The molecule has 6 nitrogen and oxygen atoms in total. The van der Waals surface area contributed by atoms with E-state index in [9.17, 15) is 17.2 Å². The smallest absolute Gasteiger partial charge is 0.251 e. The Morgan fingerprint density at radius 2 is 1.75 bits per heavy atom. The molecule has 1 saturated heterocycles.